The van der Waals surface area contributed by atoms with Gasteiger partial charge in [0.15, 0.2) is 0 Å². The molecular formula is C18H22F3N5O. The number of nitrogens with zero attached hydrogens (tertiary/aromatic N) is 5. The standard InChI is InChI=1S/C18H22F3N5O/c1-11-6-22-14(12(2)17(11)27-4)9-25(3)13-7-26(8-13)16-5-15(18(19,20)21)23-10-24-16/h5-6,10,13H,7-9H2,1-4H3. The van der Waals surface area contributed by atoms with Gasteiger partial charge in [-0.15, -0.1) is 0 Å². The zero-order chi connectivity index (χ0) is 19.8. The van der Waals surface area contributed by atoms with Crippen LogP contribution in [0.15, 0.2) is 18.6 Å². The highest BCUT2D eigenvalue weighted by molar-refractivity contribution is 5.44. The number of likely N-dealkylation sites (N-methyl/N-ethyl adjacent to an activating group) is 1. The molecule has 9 heteroatoms. The monoisotopic (exact) mass is 381 g/mol. The van der Waals surface area contributed by atoms with Crippen molar-refractivity contribution in [2.24, 2.45) is 0 Å². The maximum absolute atomic E-state index is 12.8. The molecular weight excluding hydrogens is 359 g/mol. The van der Waals surface area contributed by atoms with Gasteiger partial charge in [-0.05, 0) is 20.9 Å². The van der Waals surface area contributed by atoms with E-state index in [4.69, 9.17) is 4.74 Å². The van der Waals surface area contributed by atoms with E-state index in [0.717, 1.165) is 35.0 Å². The summed E-state index contributed by atoms with van der Waals surface area (Å²) in [6.45, 7) is 5.78. The lowest BCUT2D eigenvalue weighted by molar-refractivity contribution is -0.141. The van der Waals surface area contributed by atoms with E-state index >= 15 is 0 Å². The van der Waals surface area contributed by atoms with Crippen LogP contribution < -0.4 is 9.64 Å². The van der Waals surface area contributed by atoms with E-state index in [2.05, 4.69) is 19.9 Å². The van der Waals surface area contributed by atoms with E-state index in [1.165, 1.54) is 0 Å². The number of halogens is 3. The summed E-state index contributed by atoms with van der Waals surface area (Å²) in [6.07, 6.45) is -1.71. The van der Waals surface area contributed by atoms with Crippen molar-refractivity contribution < 1.29 is 17.9 Å². The Labute approximate surface area is 156 Å². The van der Waals surface area contributed by atoms with E-state index in [1.807, 2.05) is 25.8 Å². The van der Waals surface area contributed by atoms with Gasteiger partial charge in [0.1, 0.15) is 23.6 Å². The Hall–Kier alpha value is -2.42. The van der Waals surface area contributed by atoms with E-state index in [-0.39, 0.29) is 6.04 Å². The summed E-state index contributed by atoms with van der Waals surface area (Å²) in [5, 5.41) is 0. The van der Waals surface area contributed by atoms with Crippen LogP contribution in [0.3, 0.4) is 0 Å². The largest absolute Gasteiger partial charge is 0.496 e. The van der Waals surface area contributed by atoms with Crippen LogP contribution in [0, 0.1) is 13.8 Å². The summed E-state index contributed by atoms with van der Waals surface area (Å²) in [5.41, 5.74) is 2.00. The SMILES string of the molecule is COc1c(C)cnc(CN(C)C2CN(c3cc(C(F)(F)F)ncn3)C2)c1C. The zero-order valence-electron chi connectivity index (χ0n) is 15.7. The molecule has 3 rings (SSSR count). The number of hydrogen-bond donors (Lipinski definition) is 0. The van der Waals surface area contributed by atoms with E-state index in [0.29, 0.717) is 25.5 Å². The summed E-state index contributed by atoms with van der Waals surface area (Å²) in [5.74, 6) is 1.14. The zero-order valence-corrected chi connectivity index (χ0v) is 15.7. The van der Waals surface area contributed by atoms with Crippen LogP contribution in [-0.4, -0.2) is 53.1 Å². The normalized spacial score (nSPS) is 15.2. The van der Waals surface area contributed by atoms with Crippen molar-refractivity contribution in [3.63, 3.8) is 0 Å². The molecule has 27 heavy (non-hydrogen) atoms. The molecule has 2 aromatic rings. The van der Waals surface area contributed by atoms with Gasteiger partial charge in [-0.1, -0.05) is 0 Å². The van der Waals surface area contributed by atoms with Crippen LogP contribution in [0.1, 0.15) is 22.5 Å². The van der Waals surface area contributed by atoms with Gasteiger partial charge in [0.05, 0.1) is 12.8 Å². The molecule has 3 heterocycles. The number of alkyl halides is 3. The first-order valence-corrected chi connectivity index (χ1v) is 8.54. The Kier molecular flexibility index (Phi) is 5.23. The number of anilines is 1. The van der Waals surface area contributed by atoms with Crippen molar-refractivity contribution in [3.8, 4) is 5.75 Å². The number of methoxy groups -OCH3 is 1. The maximum atomic E-state index is 12.8. The maximum Gasteiger partial charge on any atom is 0.433 e. The van der Waals surface area contributed by atoms with E-state index < -0.39 is 11.9 Å². The van der Waals surface area contributed by atoms with Crippen molar-refractivity contribution in [1.29, 1.82) is 0 Å². The summed E-state index contributed by atoms with van der Waals surface area (Å²) >= 11 is 0. The third-order valence-electron chi connectivity index (χ3n) is 4.90. The summed E-state index contributed by atoms with van der Waals surface area (Å²) in [6, 6.07) is 1.20. The van der Waals surface area contributed by atoms with Crippen LogP contribution in [0.2, 0.25) is 0 Å². The number of hydrogen-bond acceptors (Lipinski definition) is 6. The minimum absolute atomic E-state index is 0.211. The molecule has 0 N–H and O–H groups in total. The number of aromatic nitrogens is 3. The minimum Gasteiger partial charge on any atom is -0.496 e. The molecule has 0 bridgehead atoms. The molecule has 0 aromatic carbocycles. The van der Waals surface area contributed by atoms with Crippen molar-refractivity contribution in [1.82, 2.24) is 19.9 Å². The van der Waals surface area contributed by atoms with Gasteiger partial charge < -0.3 is 9.64 Å². The van der Waals surface area contributed by atoms with Crippen LogP contribution in [0.25, 0.3) is 0 Å². The summed E-state index contributed by atoms with van der Waals surface area (Å²) in [7, 11) is 3.63. The van der Waals surface area contributed by atoms with Gasteiger partial charge >= 0.3 is 6.18 Å². The van der Waals surface area contributed by atoms with Gasteiger partial charge in [-0.2, -0.15) is 13.2 Å². The molecule has 1 aliphatic rings. The average Bonchev–Trinajstić information content (AvgIpc) is 2.56. The third-order valence-corrected chi connectivity index (χ3v) is 4.90. The van der Waals surface area contributed by atoms with Gasteiger partial charge in [0.2, 0.25) is 0 Å². The Bertz CT molecular complexity index is 821. The smallest absolute Gasteiger partial charge is 0.433 e. The molecule has 0 atom stereocenters. The topological polar surface area (TPSA) is 54.4 Å². The Morgan fingerprint density at radius 3 is 2.56 bits per heavy atom. The second kappa shape index (κ2) is 7.30. The summed E-state index contributed by atoms with van der Waals surface area (Å²) in [4.78, 5) is 15.7. The molecule has 2 aromatic heterocycles. The molecule has 0 aliphatic carbocycles. The molecule has 0 unspecified atom stereocenters. The first kappa shape index (κ1) is 19.3. The number of rotatable bonds is 5. The number of ether oxygens (including phenoxy) is 1. The Morgan fingerprint density at radius 2 is 1.93 bits per heavy atom. The van der Waals surface area contributed by atoms with Crippen LogP contribution >= 0.6 is 0 Å². The second-order valence-corrected chi connectivity index (χ2v) is 6.78. The predicted octanol–water partition coefficient (Wildman–Crippen LogP) is 2.84. The highest BCUT2D eigenvalue weighted by Crippen LogP contribution is 2.31. The highest BCUT2D eigenvalue weighted by Gasteiger charge is 2.36. The molecule has 6 nitrogen and oxygen atoms in total. The molecule has 1 saturated heterocycles. The molecule has 1 aliphatic heterocycles. The average molecular weight is 381 g/mol. The first-order chi connectivity index (χ1) is 12.7. The van der Waals surface area contributed by atoms with Crippen LogP contribution in [0.5, 0.6) is 5.75 Å². The van der Waals surface area contributed by atoms with Gasteiger partial charge in [0, 0.05) is 49.1 Å². The van der Waals surface area contributed by atoms with Gasteiger partial charge in [-0.3, -0.25) is 9.88 Å². The molecule has 146 valence electrons. The minimum atomic E-state index is -4.47. The van der Waals surface area contributed by atoms with Crippen molar-refractivity contribution in [3.05, 3.63) is 41.1 Å². The molecule has 1 fully saturated rings. The van der Waals surface area contributed by atoms with Gasteiger partial charge in [0.25, 0.3) is 0 Å². The van der Waals surface area contributed by atoms with Crippen molar-refractivity contribution in [2.45, 2.75) is 32.6 Å². The predicted molar refractivity (Wildman–Crippen MR) is 94.8 cm³/mol. The quantitative estimate of drug-likeness (QED) is 0.794. The molecule has 0 radical (unpaired) electrons. The van der Waals surface area contributed by atoms with Crippen LogP contribution in [0.4, 0.5) is 19.0 Å². The lowest BCUT2D eigenvalue weighted by atomic mass is 10.1. The second-order valence-electron chi connectivity index (χ2n) is 6.78. The number of pyridine rings is 1. The van der Waals surface area contributed by atoms with E-state index in [1.54, 1.807) is 13.3 Å². The summed E-state index contributed by atoms with van der Waals surface area (Å²) < 4.78 is 43.8. The van der Waals surface area contributed by atoms with E-state index in [9.17, 15) is 13.2 Å². The molecule has 0 saturated carbocycles. The molecule has 0 amide bonds. The lowest BCUT2D eigenvalue weighted by Crippen LogP contribution is -2.58. The van der Waals surface area contributed by atoms with Crippen LogP contribution in [-0.2, 0) is 12.7 Å². The van der Waals surface area contributed by atoms with Gasteiger partial charge in [-0.25, -0.2) is 9.97 Å². The Balaban J connectivity index is 1.63. The lowest BCUT2D eigenvalue weighted by Gasteiger charge is -2.44. The highest BCUT2D eigenvalue weighted by atomic mass is 19.4. The fourth-order valence-corrected chi connectivity index (χ4v) is 3.19. The molecule has 0 spiro atoms. The Morgan fingerprint density at radius 1 is 1.22 bits per heavy atom. The third kappa shape index (κ3) is 3.97. The fraction of sp³-hybridized carbons (Fsp3) is 0.500. The first-order valence-electron chi connectivity index (χ1n) is 8.54. The fourth-order valence-electron chi connectivity index (χ4n) is 3.19. The van der Waals surface area contributed by atoms with Crippen molar-refractivity contribution in [2.75, 3.05) is 32.1 Å². The number of aryl methyl sites for hydroxylation is 1. The van der Waals surface area contributed by atoms with Crippen molar-refractivity contribution >= 4 is 5.82 Å².